The molecule has 3 nitrogen and oxygen atoms in total. The van der Waals surface area contributed by atoms with Crippen molar-refractivity contribution in [3.05, 3.63) is 29.5 Å². The molecule has 0 spiro atoms. The minimum absolute atomic E-state index is 0.717. The predicted octanol–water partition coefficient (Wildman–Crippen LogP) is 2.22. The van der Waals surface area contributed by atoms with Crippen LogP contribution in [-0.4, -0.2) is 14.4 Å². The van der Waals surface area contributed by atoms with Crippen molar-refractivity contribution in [2.75, 3.05) is 0 Å². The number of aryl methyl sites for hydroxylation is 2. The topological polar surface area (TPSA) is 30.2 Å². The average Bonchev–Trinajstić information content (AvgIpc) is 2.87. The van der Waals surface area contributed by atoms with Crippen molar-refractivity contribution in [2.45, 2.75) is 32.6 Å². The first-order valence-electron chi connectivity index (χ1n) is 5.07. The molecule has 0 bridgehead atoms. The van der Waals surface area contributed by atoms with Crippen molar-refractivity contribution in [1.82, 2.24) is 14.4 Å². The first-order valence-corrected chi connectivity index (χ1v) is 5.07. The number of rotatable bonds is 1. The number of fused-ring (bicyclic) bond motifs is 1. The molecule has 0 unspecified atom stereocenters. The summed E-state index contributed by atoms with van der Waals surface area (Å²) >= 11 is 0. The molecule has 2 aromatic heterocycles. The standard InChI is InChI=1S/C11H13N3/c1-7-5-14-6-10(9-3-4-9)13-11(14)8(2)12-7/h5-6,9H,3-4H2,1-2H3. The Morgan fingerprint density at radius 3 is 2.71 bits per heavy atom. The zero-order valence-corrected chi connectivity index (χ0v) is 8.49. The van der Waals surface area contributed by atoms with Crippen molar-refractivity contribution in [1.29, 1.82) is 0 Å². The summed E-state index contributed by atoms with van der Waals surface area (Å²) in [6, 6.07) is 0. The zero-order valence-electron chi connectivity index (χ0n) is 8.49. The van der Waals surface area contributed by atoms with Crippen LogP contribution in [0.25, 0.3) is 5.65 Å². The van der Waals surface area contributed by atoms with E-state index in [0.717, 1.165) is 23.0 Å². The van der Waals surface area contributed by atoms with Gasteiger partial charge in [-0.05, 0) is 26.7 Å². The number of nitrogens with zero attached hydrogens (tertiary/aromatic N) is 3. The van der Waals surface area contributed by atoms with Gasteiger partial charge < -0.3 is 4.40 Å². The minimum Gasteiger partial charge on any atom is -0.303 e. The van der Waals surface area contributed by atoms with Crippen molar-refractivity contribution >= 4 is 5.65 Å². The summed E-state index contributed by atoms with van der Waals surface area (Å²) in [7, 11) is 0. The van der Waals surface area contributed by atoms with Crippen molar-refractivity contribution < 1.29 is 0 Å². The summed E-state index contributed by atoms with van der Waals surface area (Å²) in [4.78, 5) is 9.03. The Morgan fingerprint density at radius 2 is 2.00 bits per heavy atom. The van der Waals surface area contributed by atoms with Gasteiger partial charge in [-0.3, -0.25) is 4.98 Å². The molecule has 14 heavy (non-hydrogen) atoms. The molecule has 1 saturated carbocycles. The molecule has 0 radical (unpaired) electrons. The highest BCUT2D eigenvalue weighted by Crippen LogP contribution is 2.39. The largest absolute Gasteiger partial charge is 0.303 e. The molecular formula is C11H13N3. The van der Waals surface area contributed by atoms with Crippen molar-refractivity contribution in [3.63, 3.8) is 0 Å². The van der Waals surface area contributed by atoms with E-state index in [9.17, 15) is 0 Å². The van der Waals surface area contributed by atoms with Crippen molar-refractivity contribution in [2.24, 2.45) is 0 Å². The Kier molecular flexibility index (Phi) is 1.46. The number of imidazole rings is 1. The van der Waals surface area contributed by atoms with Crippen LogP contribution in [0.3, 0.4) is 0 Å². The Hall–Kier alpha value is -1.38. The second-order valence-electron chi connectivity index (χ2n) is 4.14. The summed E-state index contributed by atoms with van der Waals surface area (Å²) in [6.45, 7) is 4.04. The maximum atomic E-state index is 4.62. The fourth-order valence-electron chi connectivity index (χ4n) is 1.90. The van der Waals surface area contributed by atoms with E-state index in [2.05, 4.69) is 20.6 Å². The lowest BCUT2D eigenvalue weighted by atomic mass is 10.3. The molecule has 3 heteroatoms. The maximum Gasteiger partial charge on any atom is 0.158 e. The molecule has 2 heterocycles. The molecule has 0 amide bonds. The van der Waals surface area contributed by atoms with Crippen LogP contribution in [-0.2, 0) is 0 Å². The van der Waals surface area contributed by atoms with Crippen LogP contribution in [0.5, 0.6) is 0 Å². The Labute approximate surface area is 82.8 Å². The fourth-order valence-corrected chi connectivity index (χ4v) is 1.90. The zero-order chi connectivity index (χ0) is 9.71. The lowest BCUT2D eigenvalue weighted by molar-refractivity contribution is 1.03. The van der Waals surface area contributed by atoms with Gasteiger partial charge >= 0.3 is 0 Å². The summed E-state index contributed by atoms with van der Waals surface area (Å²) in [5.41, 5.74) is 4.32. The molecule has 0 N–H and O–H groups in total. The monoisotopic (exact) mass is 187 g/mol. The lowest BCUT2D eigenvalue weighted by Gasteiger charge is -1.98. The first-order chi connectivity index (χ1) is 6.74. The Morgan fingerprint density at radius 1 is 1.21 bits per heavy atom. The Bertz CT molecular complexity index is 494. The van der Waals surface area contributed by atoms with E-state index in [1.54, 1.807) is 0 Å². The quantitative estimate of drug-likeness (QED) is 0.685. The minimum atomic E-state index is 0.717. The summed E-state index contributed by atoms with van der Waals surface area (Å²) < 4.78 is 2.10. The highest BCUT2D eigenvalue weighted by atomic mass is 15.0. The molecule has 0 saturated heterocycles. The van der Waals surface area contributed by atoms with E-state index in [-0.39, 0.29) is 0 Å². The van der Waals surface area contributed by atoms with Crippen LogP contribution in [0.1, 0.15) is 35.8 Å². The van der Waals surface area contributed by atoms with E-state index < -0.39 is 0 Å². The van der Waals surface area contributed by atoms with Gasteiger partial charge in [0.05, 0.1) is 17.1 Å². The first kappa shape index (κ1) is 7.97. The predicted molar refractivity (Wildman–Crippen MR) is 54.4 cm³/mol. The normalized spacial score (nSPS) is 16.4. The van der Waals surface area contributed by atoms with Crippen LogP contribution in [0.15, 0.2) is 12.4 Å². The molecule has 3 rings (SSSR count). The summed E-state index contributed by atoms with van der Waals surface area (Å²) in [5, 5.41) is 0. The number of aromatic nitrogens is 3. The van der Waals surface area contributed by atoms with E-state index in [0.29, 0.717) is 0 Å². The second-order valence-corrected chi connectivity index (χ2v) is 4.14. The van der Waals surface area contributed by atoms with Crippen LogP contribution in [0, 0.1) is 13.8 Å². The van der Waals surface area contributed by atoms with E-state index >= 15 is 0 Å². The third-order valence-corrected chi connectivity index (χ3v) is 2.74. The molecule has 1 aliphatic carbocycles. The van der Waals surface area contributed by atoms with E-state index in [1.165, 1.54) is 18.5 Å². The van der Waals surface area contributed by atoms with Gasteiger partial charge in [-0.1, -0.05) is 0 Å². The van der Waals surface area contributed by atoms with Gasteiger partial charge in [0.2, 0.25) is 0 Å². The van der Waals surface area contributed by atoms with Crippen LogP contribution < -0.4 is 0 Å². The van der Waals surface area contributed by atoms with Gasteiger partial charge in [-0.2, -0.15) is 0 Å². The van der Waals surface area contributed by atoms with Gasteiger partial charge in [0.1, 0.15) is 0 Å². The van der Waals surface area contributed by atoms with Crippen LogP contribution in [0.4, 0.5) is 0 Å². The molecule has 72 valence electrons. The van der Waals surface area contributed by atoms with Crippen LogP contribution >= 0.6 is 0 Å². The third kappa shape index (κ3) is 1.12. The third-order valence-electron chi connectivity index (χ3n) is 2.74. The highest BCUT2D eigenvalue weighted by molar-refractivity contribution is 5.45. The van der Waals surface area contributed by atoms with Gasteiger partial charge in [0.15, 0.2) is 5.65 Å². The molecule has 0 aliphatic heterocycles. The summed E-state index contributed by atoms with van der Waals surface area (Å²) in [6.07, 6.45) is 6.79. The smallest absolute Gasteiger partial charge is 0.158 e. The molecule has 1 fully saturated rings. The molecule has 0 aromatic carbocycles. The van der Waals surface area contributed by atoms with Gasteiger partial charge in [-0.25, -0.2) is 4.98 Å². The molecule has 1 aliphatic rings. The van der Waals surface area contributed by atoms with Gasteiger partial charge in [0, 0.05) is 18.3 Å². The average molecular weight is 187 g/mol. The molecule has 0 atom stereocenters. The van der Waals surface area contributed by atoms with E-state index in [1.807, 2.05) is 20.0 Å². The van der Waals surface area contributed by atoms with Gasteiger partial charge in [-0.15, -0.1) is 0 Å². The SMILES string of the molecule is Cc1cn2cc(C3CC3)nc2c(C)n1. The maximum absolute atomic E-state index is 4.62. The number of hydrogen-bond donors (Lipinski definition) is 0. The molecule has 2 aromatic rings. The number of hydrogen-bond acceptors (Lipinski definition) is 2. The van der Waals surface area contributed by atoms with Gasteiger partial charge in [0.25, 0.3) is 0 Å². The van der Waals surface area contributed by atoms with E-state index in [4.69, 9.17) is 0 Å². The highest BCUT2D eigenvalue weighted by Gasteiger charge is 2.26. The summed E-state index contributed by atoms with van der Waals surface area (Å²) in [5.74, 6) is 0.717. The second kappa shape index (κ2) is 2.56. The van der Waals surface area contributed by atoms with Crippen molar-refractivity contribution in [3.8, 4) is 0 Å². The lowest BCUT2D eigenvalue weighted by Crippen LogP contribution is -1.93. The Balaban J connectivity index is 2.26. The molecular weight excluding hydrogens is 174 g/mol. The fraction of sp³-hybridized carbons (Fsp3) is 0.455. The van der Waals surface area contributed by atoms with Crippen LogP contribution in [0.2, 0.25) is 0 Å².